The highest BCUT2D eigenvalue weighted by Gasteiger charge is 2.32. The predicted octanol–water partition coefficient (Wildman–Crippen LogP) is 2.17. The summed E-state index contributed by atoms with van der Waals surface area (Å²) in [6.07, 6.45) is -1.65. The first kappa shape index (κ1) is 24.0. The number of rotatable bonds is 7. The van der Waals surface area contributed by atoms with Crippen molar-refractivity contribution >= 4 is 32.8 Å². The van der Waals surface area contributed by atoms with E-state index in [-0.39, 0.29) is 18.2 Å². The maximum atomic E-state index is 12.3. The number of nitrogens with one attached hydrogen (secondary N) is 3. The third-order valence-electron chi connectivity index (χ3n) is 5.90. The zero-order valence-corrected chi connectivity index (χ0v) is 19.0. The van der Waals surface area contributed by atoms with Crippen molar-refractivity contribution in [1.29, 1.82) is 0 Å². The minimum absolute atomic E-state index is 0.0425. The Labute approximate surface area is 189 Å². The molecule has 1 saturated carbocycles. The number of halogens is 3. The van der Waals surface area contributed by atoms with Gasteiger partial charge in [-0.1, -0.05) is 0 Å². The third-order valence-corrected chi connectivity index (χ3v) is 7.33. The number of nitrogens with zero attached hydrogens (tertiary/aromatic N) is 4. The predicted molar refractivity (Wildman–Crippen MR) is 117 cm³/mol. The lowest BCUT2D eigenvalue weighted by atomic mass is 9.92. The van der Waals surface area contributed by atoms with Gasteiger partial charge >= 0.3 is 6.18 Å². The molecular formula is C19H28F3N7O3S. The van der Waals surface area contributed by atoms with E-state index in [1.54, 1.807) is 6.20 Å². The zero-order chi connectivity index (χ0) is 23.6. The minimum Gasteiger partial charge on any atom is -0.375 e. The zero-order valence-electron chi connectivity index (χ0n) is 18.2. The van der Waals surface area contributed by atoms with Gasteiger partial charge in [0.2, 0.25) is 16.0 Å². The summed E-state index contributed by atoms with van der Waals surface area (Å²) in [5.74, 6) is 0.296. The largest absolute Gasteiger partial charge is 0.390 e. The van der Waals surface area contributed by atoms with Crippen molar-refractivity contribution < 1.29 is 26.3 Å². The summed E-state index contributed by atoms with van der Waals surface area (Å²) in [7, 11) is -3.96. The van der Waals surface area contributed by atoms with Crippen molar-refractivity contribution in [3.8, 4) is 0 Å². The van der Waals surface area contributed by atoms with Gasteiger partial charge < -0.3 is 15.0 Å². The van der Waals surface area contributed by atoms with Crippen molar-refractivity contribution in [2.24, 2.45) is 0 Å². The quantitative estimate of drug-likeness (QED) is 0.538. The molecule has 184 valence electrons. The Morgan fingerprint density at radius 2 is 1.97 bits per heavy atom. The normalized spacial score (nSPS) is 24.8. The molecule has 0 spiro atoms. The molecule has 0 bridgehead atoms. The molecule has 14 heteroatoms. The number of fused-ring (bicyclic) bond motifs is 1. The van der Waals surface area contributed by atoms with Crippen LogP contribution in [-0.2, 0) is 14.8 Å². The Morgan fingerprint density at radius 3 is 2.67 bits per heavy atom. The maximum absolute atomic E-state index is 12.3. The van der Waals surface area contributed by atoms with Gasteiger partial charge in [0.15, 0.2) is 11.5 Å². The first-order chi connectivity index (χ1) is 15.6. The van der Waals surface area contributed by atoms with Crippen LogP contribution in [0.25, 0.3) is 11.0 Å². The van der Waals surface area contributed by atoms with E-state index in [0.29, 0.717) is 43.9 Å². The Balaban J connectivity index is 1.30. The van der Waals surface area contributed by atoms with Crippen LogP contribution in [-0.4, -0.2) is 78.4 Å². The van der Waals surface area contributed by atoms with Crippen LogP contribution in [0.15, 0.2) is 6.20 Å². The molecular weight excluding hydrogens is 463 g/mol. The second-order valence-corrected chi connectivity index (χ2v) is 10.5. The SMILES string of the molecule is C[C@H]1CN(c2n[nH]c3nc(N[C@H]4CC[C@H](NS(=O)(=O)CCC(F)(F)F)CC4)ncc23)CCO1. The van der Waals surface area contributed by atoms with E-state index in [2.05, 4.69) is 35.1 Å². The average molecular weight is 492 g/mol. The van der Waals surface area contributed by atoms with Crippen molar-refractivity contribution in [3.05, 3.63) is 6.20 Å². The summed E-state index contributed by atoms with van der Waals surface area (Å²) in [6, 6.07) is -0.323. The summed E-state index contributed by atoms with van der Waals surface area (Å²) in [5, 5.41) is 11.4. The van der Waals surface area contributed by atoms with Gasteiger partial charge in [0.1, 0.15) is 0 Å². The molecule has 2 fully saturated rings. The Kier molecular flexibility index (Phi) is 6.96. The molecule has 10 nitrogen and oxygen atoms in total. The van der Waals surface area contributed by atoms with Gasteiger partial charge in [-0.25, -0.2) is 18.1 Å². The average Bonchev–Trinajstić information content (AvgIpc) is 3.17. The smallest absolute Gasteiger partial charge is 0.375 e. The summed E-state index contributed by atoms with van der Waals surface area (Å²) in [6.45, 7) is 4.13. The van der Waals surface area contributed by atoms with E-state index < -0.39 is 28.4 Å². The molecule has 2 aromatic rings. The summed E-state index contributed by atoms with van der Waals surface area (Å²) in [5.41, 5.74) is 0.618. The topological polar surface area (TPSA) is 125 Å². The van der Waals surface area contributed by atoms with Crippen LogP contribution in [0.2, 0.25) is 0 Å². The van der Waals surface area contributed by atoms with E-state index in [0.717, 1.165) is 24.3 Å². The second kappa shape index (κ2) is 9.58. The molecule has 0 amide bonds. The van der Waals surface area contributed by atoms with Crippen LogP contribution < -0.4 is 14.9 Å². The fraction of sp³-hybridized carbons (Fsp3) is 0.737. The molecule has 4 rings (SSSR count). The molecule has 1 aliphatic heterocycles. The van der Waals surface area contributed by atoms with Gasteiger partial charge in [-0.3, -0.25) is 5.10 Å². The fourth-order valence-electron chi connectivity index (χ4n) is 4.22. The van der Waals surface area contributed by atoms with Crippen LogP contribution in [0.5, 0.6) is 0 Å². The lowest BCUT2D eigenvalue weighted by molar-refractivity contribution is -0.130. The monoisotopic (exact) mass is 491 g/mol. The van der Waals surface area contributed by atoms with E-state index in [9.17, 15) is 21.6 Å². The highest BCUT2D eigenvalue weighted by Crippen LogP contribution is 2.26. The van der Waals surface area contributed by atoms with E-state index in [1.165, 1.54) is 0 Å². The minimum atomic E-state index is -4.49. The lowest BCUT2D eigenvalue weighted by Gasteiger charge is -2.31. The Hall–Kier alpha value is -2.19. The van der Waals surface area contributed by atoms with Crippen LogP contribution in [0.1, 0.15) is 39.0 Å². The summed E-state index contributed by atoms with van der Waals surface area (Å²) >= 11 is 0. The van der Waals surface area contributed by atoms with Crippen molar-refractivity contribution in [2.45, 2.75) is 63.4 Å². The Morgan fingerprint density at radius 1 is 1.24 bits per heavy atom. The highest BCUT2D eigenvalue weighted by atomic mass is 32.2. The van der Waals surface area contributed by atoms with E-state index >= 15 is 0 Å². The number of morpholine rings is 1. The van der Waals surface area contributed by atoms with Gasteiger partial charge in [0.05, 0.1) is 30.3 Å². The van der Waals surface area contributed by atoms with Gasteiger partial charge in [-0.2, -0.15) is 23.3 Å². The number of alkyl halides is 3. The fourth-order valence-corrected chi connectivity index (χ4v) is 5.58. The molecule has 0 aromatic carbocycles. The molecule has 0 radical (unpaired) electrons. The molecule has 3 N–H and O–H groups in total. The van der Waals surface area contributed by atoms with Gasteiger partial charge in [0.25, 0.3) is 0 Å². The standard InChI is InChI=1S/C19H28F3N7O3S/c1-12-11-29(7-8-32-12)17-15-10-23-18(25-16(15)26-27-17)24-13-2-4-14(5-3-13)28-33(30,31)9-6-19(20,21)22/h10,12-14,28H,2-9,11H2,1H3,(H2,23,24,25,26,27)/t12-,13-,14-/m0/s1. The lowest BCUT2D eigenvalue weighted by Crippen LogP contribution is -2.41. The molecule has 1 atom stereocenters. The van der Waals surface area contributed by atoms with Gasteiger partial charge in [0, 0.05) is 31.4 Å². The number of H-pyrrole nitrogens is 1. The molecule has 33 heavy (non-hydrogen) atoms. The van der Waals surface area contributed by atoms with Gasteiger partial charge in [-0.05, 0) is 32.6 Å². The molecule has 2 aliphatic rings. The molecule has 1 saturated heterocycles. The number of ether oxygens (including phenoxy) is 1. The molecule has 0 unspecified atom stereocenters. The number of anilines is 2. The third kappa shape index (κ3) is 6.44. The molecule has 3 heterocycles. The summed E-state index contributed by atoms with van der Waals surface area (Å²) < 4.78 is 68.7. The van der Waals surface area contributed by atoms with Crippen LogP contribution in [0.4, 0.5) is 24.9 Å². The maximum Gasteiger partial charge on any atom is 0.390 e. The first-order valence-electron chi connectivity index (χ1n) is 11.0. The molecule has 2 aromatic heterocycles. The van der Waals surface area contributed by atoms with Crippen LogP contribution in [0, 0.1) is 0 Å². The van der Waals surface area contributed by atoms with Crippen LogP contribution in [0.3, 0.4) is 0 Å². The number of aromatic amines is 1. The highest BCUT2D eigenvalue weighted by molar-refractivity contribution is 7.89. The molecule has 1 aliphatic carbocycles. The van der Waals surface area contributed by atoms with Crippen molar-refractivity contribution in [3.63, 3.8) is 0 Å². The Bertz CT molecular complexity index is 1050. The van der Waals surface area contributed by atoms with E-state index in [1.807, 2.05) is 6.92 Å². The number of aromatic nitrogens is 4. The van der Waals surface area contributed by atoms with Crippen molar-refractivity contribution in [2.75, 3.05) is 35.7 Å². The van der Waals surface area contributed by atoms with Gasteiger partial charge in [-0.15, -0.1) is 0 Å². The number of hydrogen-bond donors (Lipinski definition) is 3. The van der Waals surface area contributed by atoms with Crippen LogP contribution >= 0.6 is 0 Å². The number of sulfonamides is 1. The first-order valence-corrected chi connectivity index (χ1v) is 12.6. The second-order valence-electron chi connectivity index (χ2n) is 8.63. The van der Waals surface area contributed by atoms with E-state index in [4.69, 9.17) is 4.74 Å². The van der Waals surface area contributed by atoms with Crippen molar-refractivity contribution in [1.82, 2.24) is 24.9 Å². The number of hydrogen-bond acceptors (Lipinski definition) is 8. The summed E-state index contributed by atoms with van der Waals surface area (Å²) in [4.78, 5) is 11.1.